The number of nitrogens with zero attached hydrogens (tertiary/aromatic N) is 2. The molecule has 23 heavy (non-hydrogen) atoms. The van der Waals surface area contributed by atoms with E-state index < -0.39 is 0 Å². The van der Waals surface area contributed by atoms with Gasteiger partial charge in [-0.3, -0.25) is 10.00 Å². The van der Waals surface area contributed by atoms with Crippen molar-refractivity contribution in [1.29, 1.82) is 0 Å². The van der Waals surface area contributed by atoms with Crippen molar-refractivity contribution in [3.63, 3.8) is 0 Å². The predicted molar refractivity (Wildman–Crippen MR) is 91.5 cm³/mol. The first-order valence-electron chi connectivity index (χ1n) is 8.69. The summed E-state index contributed by atoms with van der Waals surface area (Å²) in [6.45, 7) is 5.05. The lowest BCUT2D eigenvalue weighted by Crippen LogP contribution is -2.34. The molecule has 1 aromatic heterocycles. The minimum Gasteiger partial charge on any atom is -0.396 e. The second kappa shape index (κ2) is 8.34. The standard InChI is InChI=1S/C17H30N4O2/c1-12(2)9-13(7-8-22)11-18-17(23)19-16-10-15(20-21(16)3)14-5-4-6-14/h10,12-14,22H,4-9,11H2,1-3H3,(H2,18,19,23). The number of aliphatic hydroxyl groups excluding tert-OH is 1. The average molecular weight is 322 g/mol. The maximum Gasteiger partial charge on any atom is 0.320 e. The van der Waals surface area contributed by atoms with Gasteiger partial charge in [0.15, 0.2) is 0 Å². The molecule has 0 aliphatic heterocycles. The number of hydrogen-bond donors (Lipinski definition) is 3. The number of urea groups is 1. The quantitative estimate of drug-likeness (QED) is 0.688. The summed E-state index contributed by atoms with van der Waals surface area (Å²) in [5.74, 6) is 2.15. The van der Waals surface area contributed by atoms with Gasteiger partial charge in [0.25, 0.3) is 0 Å². The van der Waals surface area contributed by atoms with E-state index in [1.165, 1.54) is 19.3 Å². The largest absolute Gasteiger partial charge is 0.396 e. The zero-order chi connectivity index (χ0) is 16.8. The Morgan fingerprint density at radius 1 is 1.48 bits per heavy atom. The van der Waals surface area contributed by atoms with Gasteiger partial charge in [-0.05, 0) is 37.5 Å². The highest BCUT2D eigenvalue weighted by Crippen LogP contribution is 2.36. The minimum atomic E-state index is -0.208. The van der Waals surface area contributed by atoms with Crippen molar-refractivity contribution < 1.29 is 9.90 Å². The van der Waals surface area contributed by atoms with Crippen molar-refractivity contribution in [2.45, 2.75) is 51.9 Å². The molecule has 1 heterocycles. The molecule has 1 saturated carbocycles. The molecule has 130 valence electrons. The molecule has 1 unspecified atom stereocenters. The normalized spacial score (nSPS) is 16.2. The fraction of sp³-hybridized carbons (Fsp3) is 0.765. The van der Waals surface area contributed by atoms with Crippen molar-refractivity contribution in [2.24, 2.45) is 18.9 Å². The first-order chi connectivity index (χ1) is 11.0. The molecule has 6 nitrogen and oxygen atoms in total. The van der Waals surface area contributed by atoms with E-state index in [9.17, 15) is 4.79 Å². The lowest BCUT2D eigenvalue weighted by Gasteiger charge is -2.22. The van der Waals surface area contributed by atoms with E-state index in [0.29, 0.717) is 24.3 Å². The maximum atomic E-state index is 12.1. The van der Waals surface area contributed by atoms with Crippen LogP contribution in [-0.2, 0) is 7.05 Å². The van der Waals surface area contributed by atoms with Crippen molar-refractivity contribution in [3.8, 4) is 0 Å². The molecule has 6 heteroatoms. The molecule has 2 amide bonds. The summed E-state index contributed by atoms with van der Waals surface area (Å²) >= 11 is 0. The molecule has 0 aromatic carbocycles. The van der Waals surface area contributed by atoms with Crippen LogP contribution in [0.15, 0.2) is 6.07 Å². The molecule has 1 aliphatic rings. The Bertz CT molecular complexity index is 509. The third kappa shape index (κ3) is 5.23. The molecule has 1 atom stereocenters. The van der Waals surface area contributed by atoms with Gasteiger partial charge in [-0.15, -0.1) is 0 Å². The summed E-state index contributed by atoms with van der Waals surface area (Å²) in [5.41, 5.74) is 1.08. The van der Waals surface area contributed by atoms with E-state index in [2.05, 4.69) is 29.6 Å². The molecule has 1 fully saturated rings. The van der Waals surface area contributed by atoms with Crippen LogP contribution < -0.4 is 10.6 Å². The third-order valence-electron chi connectivity index (χ3n) is 4.56. The summed E-state index contributed by atoms with van der Waals surface area (Å²) in [6, 6.07) is 1.77. The van der Waals surface area contributed by atoms with E-state index in [1.54, 1.807) is 4.68 Å². The smallest absolute Gasteiger partial charge is 0.320 e. The van der Waals surface area contributed by atoms with Crippen LogP contribution in [0.3, 0.4) is 0 Å². The first kappa shape index (κ1) is 17.8. The van der Waals surface area contributed by atoms with Crippen LogP contribution in [0.5, 0.6) is 0 Å². The SMILES string of the molecule is CC(C)CC(CCO)CNC(=O)Nc1cc(C2CCC2)nn1C. The third-order valence-corrected chi connectivity index (χ3v) is 4.56. The number of amides is 2. The van der Waals surface area contributed by atoms with E-state index in [4.69, 9.17) is 5.11 Å². The molecule has 1 aliphatic carbocycles. The van der Waals surface area contributed by atoms with Crippen molar-refractivity contribution in [1.82, 2.24) is 15.1 Å². The van der Waals surface area contributed by atoms with Gasteiger partial charge >= 0.3 is 6.03 Å². The fourth-order valence-electron chi connectivity index (χ4n) is 3.06. The Balaban J connectivity index is 1.82. The molecular formula is C17H30N4O2. The zero-order valence-corrected chi connectivity index (χ0v) is 14.5. The van der Waals surface area contributed by atoms with Gasteiger partial charge in [0, 0.05) is 32.2 Å². The molecule has 0 spiro atoms. The summed E-state index contributed by atoms with van der Waals surface area (Å²) in [6.07, 6.45) is 5.38. The van der Waals surface area contributed by atoms with Crippen LogP contribution in [0.1, 0.15) is 57.6 Å². The van der Waals surface area contributed by atoms with Gasteiger partial charge in [-0.2, -0.15) is 5.10 Å². The van der Waals surface area contributed by atoms with Gasteiger partial charge in [0.2, 0.25) is 0 Å². The molecule has 0 radical (unpaired) electrons. The van der Waals surface area contributed by atoms with E-state index in [-0.39, 0.29) is 12.6 Å². The highest BCUT2D eigenvalue weighted by Gasteiger charge is 2.23. The highest BCUT2D eigenvalue weighted by molar-refractivity contribution is 5.88. The molecule has 1 aromatic rings. The molecule has 2 rings (SSSR count). The Morgan fingerprint density at radius 3 is 2.78 bits per heavy atom. The highest BCUT2D eigenvalue weighted by atomic mass is 16.3. The molecular weight excluding hydrogens is 292 g/mol. The molecule has 0 bridgehead atoms. The number of carbonyl (C=O) groups is 1. The minimum absolute atomic E-state index is 0.160. The number of rotatable bonds is 8. The van der Waals surface area contributed by atoms with Crippen LogP contribution in [0.25, 0.3) is 0 Å². The number of aromatic nitrogens is 2. The van der Waals surface area contributed by atoms with E-state index >= 15 is 0 Å². The topological polar surface area (TPSA) is 79.2 Å². The Labute approximate surface area is 138 Å². The van der Waals surface area contributed by atoms with Crippen LogP contribution in [-0.4, -0.2) is 34.1 Å². The van der Waals surface area contributed by atoms with Gasteiger partial charge in [0.1, 0.15) is 5.82 Å². The number of anilines is 1. The van der Waals surface area contributed by atoms with Gasteiger partial charge in [-0.1, -0.05) is 20.3 Å². The van der Waals surface area contributed by atoms with E-state index in [0.717, 1.165) is 24.4 Å². The summed E-state index contributed by atoms with van der Waals surface area (Å²) in [7, 11) is 1.85. The van der Waals surface area contributed by atoms with Crippen LogP contribution in [0, 0.1) is 11.8 Å². The fourth-order valence-corrected chi connectivity index (χ4v) is 3.06. The van der Waals surface area contributed by atoms with Crippen molar-refractivity contribution in [3.05, 3.63) is 11.8 Å². The van der Waals surface area contributed by atoms with Crippen LogP contribution >= 0.6 is 0 Å². The summed E-state index contributed by atoms with van der Waals surface area (Å²) in [5, 5.41) is 19.4. The van der Waals surface area contributed by atoms with Gasteiger partial charge in [0.05, 0.1) is 5.69 Å². The average Bonchev–Trinajstić information content (AvgIpc) is 2.74. The molecule has 3 N–H and O–H groups in total. The lowest BCUT2D eigenvalue weighted by molar-refractivity contribution is 0.231. The van der Waals surface area contributed by atoms with Crippen molar-refractivity contribution >= 4 is 11.8 Å². The summed E-state index contributed by atoms with van der Waals surface area (Å²) < 4.78 is 1.73. The Morgan fingerprint density at radius 2 is 2.22 bits per heavy atom. The second-order valence-electron chi connectivity index (χ2n) is 7.05. The zero-order valence-electron chi connectivity index (χ0n) is 14.5. The summed E-state index contributed by atoms with van der Waals surface area (Å²) in [4.78, 5) is 12.1. The monoisotopic (exact) mass is 322 g/mol. The Kier molecular flexibility index (Phi) is 6.45. The van der Waals surface area contributed by atoms with Crippen LogP contribution in [0.2, 0.25) is 0 Å². The number of aliphatic hydroxyl groups is 1. The number of carbonyl (C=O) groups excluding carboxylic acids is 1. The molecule has 0 saturated heterocycles. The number of nitrogens with one attached hydrogen (secondary N) is 2. The number of hydrogen-bond acceptors (Lipinski definition) is 3. The predicted octanol–water partition coefficient (Wildman–Crippen LogP) is 2.85. The maximum absolute atomic E-state index is 12.1. The second-order valence-corrected chi connectivity index (χ2v) is 7.05. The van der Waals surface area contributed by atoms with Crippen molar-refractivity contribution in [2.75, 3.05) is 18.5 Å². The lowest BCUT2D eigenvalue weighted by atomic mass is 9.83. The van der Waals surface area contributed by atoms with E-state index in [1.807, 2.05) is 13.1 Å². The first-order valence-corrected chi connectivity index (χ1v) is 8.69. The van der Waals surface area contributed by atoms with Gasteiger partial charge < -0.3 is 10.4 Å². The Hall–Kier alpha value is -1.56. The van der Waals surface area contributed by atoms with Gasteiger partial charge in [-0.25, -0.2) is 4.79 Å². The number of aryl methyl sites for hydroxylation is 1. The van der Waals surface area contributed by atoms with Crippen LogP contribution in [0.4, 0.5) is 10.6 Å².